The van der Waals surface area contributed by atoms with Gasteiger partial charge in [0.25, 0.3) is 0 Å². The molecule has 0 spiro atoms. The zero-order chi connectivity index (χ0) is 9.97. The van der Waals surface area contributed by atoms with E-state index in [9.17, 15) is 0 Å². The van der Waals surface area contributed by atoms with Crippen molar-refractivity contribution in [1.29, 1.82) is 0 Å². The Balaban J connectivity index is 2.67. The van der Waals surface area contributed by atoms with Gasteiger partial charge < -0.3 is 4.98 Å². The Morgan fingerprint density at radius 2 is 2.43 bits per heavy atom. The third-order valence-electron chi connectivity index (χ3n) is 2.06. The highest BCUT2D eigenvalue weighted by Crippen LogP contribution is 2.28. The molecule has 0 bridgehead atoms. The molecule has 2 rings (SSSR count). The summed E-state index contributed by atoms with van der Waals surface area (Å²) in [6.07, 6.45) is 6.92. The topological polar surface area (TPSA) is 41.0 Å². The van der Waals surface area contributed by atoms with Crippen molar-refractivity contribution in [3.05, 3.63) is 36.8 Å². The number of H-pyrrole nitrogens is 1. The average molecular weight is 185 g/mol. The number of aliphatic imine (C=N–C) groups is 1. The highest BCUT2D eigenvalue weighted by Gasteiger charge is 2.05. The van der Waals surface area contributed by atoms with Crippen LogP contribution in [0.1, 0.15) is 5.69 Å². The summed E-state index contributed by atoms with van der Waals surface area (Å²) in [4.78, 5) is 11.6. The number of aromatic nitrogens is 2. The second-order valence-electron chi connectivity index (χ2n) is 3.03. The summed E-state index contributed by atoms with van der Waals surface area (Å²) >= 11 is 0. The molecule has 0 aromatic carbocycles. The summed E-state index contributed by atoms with van der Waals surface area (Å²) in [5.74, 6) is 0. The van der Waals surface area contributed by atoms with Crippen molar-refractivity contribution in [1.82, 2.24) is 9.97 Å². The molecule has 3 heteroatoms. The SMILES string of the molecule is C=CC=Nc1c(C)[nH]c2cnccc12. The molecule has 0 radical (unpaired) electrons. The summed E-state index contributed by atoms with van der Waals surface area (Å²) in [7, 11) is 0. The number of aromatic amines is 1. The lowest BCUT2D eigenvalue weighted by Gasteiger charge is -1.90. The van der Waals surface area contributed by atoms with Crippen LogP contribution in [0.25, 0.3) is 10.9 Å². The van der Waals surface area contributed by atoms with Crippen molar-refractivity contribution in [2.24, 2.45) is 4.99 Å². The first-order valence-corrected chi connectivity index (χ1v) is 4.40. The monoisotopic (exact) mass is 185 g/mol. The minimum atomic E-state index is 0.960. The molecule has 0 saturated heterocycles. The van der Waals surface area contributed by atoms with E-state index in [-0.39, 0.29) is 0 Å². The van der Waals surface area contributed by atoms with Gasteiger partial charge in [0.1, 0.15) is 0 Å². The Morgan fingerprint density at radius 1 is 1.57 bits per heavy atom. The van der Waals surface area contributed by atoms with Gasteiger partial charge in [0.15, 0.2) is 0 Å². The third-order valence-corrected chi connectivity index (χ3v) is 2.06. The molecule has 70 valence electrons. The van der Waals surface area contributed by atoms with Crippen LogP contribution in [0.15, 0.2) is 36.1 Å². The molecule has 14 heavy (non-hydrogen) atoms. The Kier molecular flexibility index (Phi) is 2.14. The number of nitrogens with zero attached hydrogens (tertiary/aromatic N) is 2. The highest BCUT2D eigenvalue weighted by atomic mass is 14.8. The van der Waals surface area contributed by atoms with Crippen molar-refractivity contribution in [2.75, 3.05) is 0 Å². The quantitative estimate of drug-likeness (QED) is 0.718. The van der Waals surface area contributed by atoms with Gasteiger partial charge in [0.2, 0.25) is 0 Å². The molecule has 0 fully saturated rings. The Bertz CT molecular complexity index is 494. The van der Waals surface area contributed by atoms with Gasteiger partial charge in [-0.05, 0) is 13.0 Å². The summed E-state index contributed by atoms with van der Waals surface area (Å²) < 4.78 is 0. The number of rotatable bonds is 2. The fourth-order valence-corrected chi connectivity index (χ4v) is 1.46. The first kappa shape index (κ1) is 8.69. The standard InChI is InChI=1S/C11H11N3/c1-3-5-13-11-8(2)14-10-7-12-6-4-9(10)11/h3-7,14H,1H2,2H3. The fraction of sp³-hybridized carbons (Fsp3) is 0.0909. The molecule has 1 N–H and O–H groups in total. The number of nitrogens with one attached hydrogen (secondary N) is 1. The van der Waals surface area contributed by atoms with Gasteiger partial charge in [-0.1, -0.05) is 12.7 Å². The lowest BCUT2D eigenvalue weighted by Crippen LogP contribution is -1.69. The number of pyridine rings is 1. The normalized spacial score (nSPS) is 11.2. The molecule has 0 aliphatic heterocycles. The van der Waals surface area contributed by atoms with E-state index < -0.39 is 0 Å². The van der Waals surface area contributed by atoms with Crippen LogP contribution in [-0.4, -0.2) is 16.2 Å². The van der Waals surface area contributed by atoms with Crippen LogP contribution in [0.4, 0.5) is 5.69 Å². The molecule has 0 aliphatic rings. The van der Waals surface area contributed by atoms with Crippen LogP contribution in [-0.2, 0) is 0 Å². The van der Waals surface area contributed by atoms with Crippen molar-refractivity contribution in [2.45, 2.75) is 6.92 Å². The predicted octanol–water partition coefficient (Wildman–Crippen LogP) is 2.76. The molecule has 2 heterocycles. The number of hydrogen-bond acceptors (Lipinski definition) is 2. The summed E-state index contributed by atoms with van der Waals surface area (Å²) in [6, 6.07) is 1.95. The highest BCUT2D eigenvalue weighted by molar-refractivity contribution is 5.94. The molecular weight excluding hydrogens is 174 g/mol. The van der Waals surface area contributed by atoms with Gasteiger partial charge in [0.05, 0.1) is 17.4 Å². The van der Waals surface area contributed by atoms with Gasteiger partial charge in [0, 0.05) is 23.5 Å². The van der Waals surface area contributed by atoms with E-state index in [4.69, 9.17) is 0 Å². The van der Waals surface area contributed by atoms with Gasteiger partial charge >= 0.3 is 0 Å². The van der Waals surface area contributed by atoms with E-state index >= 15 is 0 Å². The largest absolute Gasteiger partial charge is 0.356 e. The second kappa shape index (κ2) is 3.46. The van der Waals surface area contributed by atoms with Crippen molar-refractivity contribution >= 4 is 22.8 Å². The van der Waals surface area contributed by atoms with Crippen LogP contribution in [0.3, 0.4) is 0 Å². The maximum Gasteiger partial charge on any atom is 0.0913 e. The first-order chi connectivity index (χ1) is 6.83. The van der Waals surface area contributed by atoms with E-state index in [0.717, 1.165) is 22.3 Å². The number of aryl methyl sites for hydroxylation is 1. The second-order valence-corrected chi connectivity index (χ2v) is 3.03. The van der Waals surface area contributed by atoms with Crippen LogP contribution in [0.2, 0.25) is 0 Å². The molecule has 2 aromatic heterocycles. The van der Waals surface area contributed by atoms with Gasteiger partial charge in [-0.25, -0.2) is 0 Å². The molecule has 0 saturated carbocycles. The van der Waals surface area contributed by atoms with Crippen molar-refractivity contribution in [3.8, 4) is 0 Å². The lowest BCUT2D eigenvalue weighted by molar-refractivity contribution is 1.27. The molecule has 0 aliphatic carbocycles. The Labute approximate surface area is 82.2 Å². The van der Waals surface area contributed by atoms with E-state index in [1.807, 2.05) is 13.0 Å². The summed E-state index contributed by atoms with van der Waals surface area (Å²) in [6.45, 7) is 5.59. The van der Waals surface area contributed by atoms with Gasteiger partial charge in [-0.2, -0.15) is 0 Å². The smallest absolute Gasteiger partial charge is 0.0913 e. The molecule has 0 amide bonds. The Morgan fingerprint density at radius 3 is 3.21 bits per heavy atom. The summed E-state index contributed by atoms with van der Waals surface area (Å²) in [5, 5.41) is 1.09. The lowest BCUT2D eigenvalue weighted by atomic mass is 10.2. The molecular formula is C11H11N3. The average Bonchev–Trinajstić information content (AvgIpc) is 2.51. The molecule has 0 unspecified atom stereocenters. The maximum atomic E-state index is 4.31. The predicted molar refractivity (Wildman–Crippen MR) is 59.2 cm³/mol. The molecule has 2 aromatic rings. The summed E-state index contributed by atoms with van der Waals surface area (Å²) in [5.41, 5.74) is 3.02. The van der Waals surface area contributed by atoms with Gasteiger partial charge in [-0.15, -0.1) is 0 Å². The maximum absolute atomic E-state index is 4.31. The Hall–Kier alpha value is -1.90. The minimum absolute atomic E-state index is 0.960. The number of fused-ring (bicyclic) bond motifs is 1. The van der Waals surface area contributed by atoms with E-state index in [1.165, 1.54) is 0 Å². The zero-order valence-corrected chi connectivity index (χ0v) is 7.99. The van der Waals surface area contributed by atoms with Crippen LogP contribution < -0.4 is 0 Å². The molecule has 3 nitrogen and oxygen atoms in total. The minimum Gasteiger partial charge on any atom is -0.356 e. The number of hydrogen-bond donors (Lipinski definition) is 1. The number of allylic oxidation sites excluding steroid dienone is 1. The van der Waals surface area contributed by atoms with Crippen LogP contribution in [0.5, 0.6) is 0 Å². The first-order valence-electron chi connectivity index (χ1n) is 4.40. The zero-order valence-electron chi connectivity index (χ0n) is 7.99. The fourth-order valence-electron chi connectivity index (χ4n) is 1.46. The van der Waals surface area contributed by atoms with Crippen LogP contribution in [0, 0.1) is 6.92 Å². The van der Waals surface area contributed by atoms with Crippen molar-refractivity contribution in [3.63, 3.8) is 0 Å². The van der Waals surface area contributed by atoms with Crippen LogP contribution >= 0.6 is 0 Å². The van der Waals surface area contributed by atoms with Crippen molar-refractivity contribution < 1.29 is 0 Å². The van der Waals surface area contributed by atoms with E-state index in [0.29, 0.717) is 0 Å². The van der Waals surface area contributed by atoms with E-state index in [2.05, 4.69) is 21.5 Å². The molecule has 0 atom stereocenters. The van der Waals surface area contributed by atoms with Gasteiger partial charge in [-0.3, -0.25) is 9.98 Å². The third kappa shape index (κ3) is 1.33. The van der Waals surface area contributed by atoms with E-state index in [1.54, 1.807) is 24.7 Å².